The van der Waals surface area contributed by atoms with Crippen molar-refractivity contribution in [2.45, 2.75) is 64.7 Å². The van der Waals surface area contributed by atoms with Crippen molar-refractivity contribution in [2.75, 3.05) is 13.7 Å². The molecule has 2 N–H and O–H groups in total. The van der Waals surface area contributed by atoms with Crippen molar-refractivity contribution in [1.29, 1.82) is 0 Å². The number of hydrogen-bond acceptors (Lipinski definition) is 7. The molecule has 35 heavy (non-hydrogen) atoms. The molecule has 8 heteroatoms. The van der Waals surface area contributed by atoms with E-state index in [9.17, 15) is 14.7 Å². The lowest BCUT2D eigenvalue weighted by Gasteiger charge is -2.32. The van der Waals surface area contributed by atoms with Crippen molar-refractivity contribution in [3.05, 3.63) is 53.9 Å². The summed E-state index contributed by atoms with van der Waals surface area (Å²) in [6, 6.07) is 10.7. The summed E-state index contributed by atoms with van der Waals surface area (Å²) in [4.78, 5) is 29.9. The van der Waals surface area contributed by atoms with E-state index >= 15 is 0 Å². The second-order valence-electron chi connectivity index (χ2n) is 9.43. The lowest BCUT2D eigenvalue weighted by Crippen LogP contribution is -2.44. The minimum Gasteiger partial charge on any atom is -0.503 e. The number of ether oxygens (including phenoxy) is 3. The van der Waals surface area contributed by atoms with Gasteiger partial charge in [-0.1, -0.05) is 44.2 Å². The van der Waals surface area contributed by atoms with E-state index in [1.807, 2.05) is 25.1 Å². The van der Waals surface area contributed by atoms with Crippen LogP contribution in [-0.2, 0) is 20.7 Å². The van der Waals surface area contributed by atoms with Gasteiger partial charge in [-0.25, -0.2) is 9.78 Å². The van der Waals surface area contributed by atoms with Gasteiger partial charge in [-0.05, 0) is 44.1 Å². The summed E-state index contributed by atoms with van der Waals surface area (Å²) in [5, 5.41) is 13.0. The molecule has 2 aromatic rings. The molecule has 0 bridgehead atoms. The summed E-state index contributed by atoms with van der Waals surface area (Å²) in [6.45, 7) is 6.73. The molecule has 0 saturated carbocycles. The molecule has 4 atom stereocenters. The Balaban J connectivity index is 1.78. The smallest absolute Gasteiger partial charge is 0.328 e. The quantitative estimate of drug-likeness (QED) is 0.547. The number of pyridine rings is 1. The van der Waals surface area contributed by atoms with Gasteiger partial charge in [-0.2, -0.15) is 0 Å². The normalized spacial score (nSPS) is 23.1. The van der Waals surface area contributed by atoms with Crippen LogP contribution in [0.4, 0.5) is 0 Å². The second kappa shape index (κ2) is 12.5. The van der Waals surface area contributed by atoms with Crippen LogP contribution >= 0.6 is 0 Å². The summed E-state index contributed by atoms with van der Waals surface area (Å²) in [6.07, 6.45) is 3.37. The van der Waals surface area contributed by atoms with Gasteiger partial charge >= 0.3 is 5.97 Å². The number of esters is 1. The zero-order valence-corrected chi connectivity index (χ0v) is 20.9. The molecule has 1 aromatic heterocycles. The molecule has 1 fully saturated rings. The Labute approximate surface area is 207 Å². The van der Waals surface area contributed by atoms with Crippen LogP contribution < -0.4 is 10.1 Å². The maximum atomic E-state index is 13.1. The number of cyclic esters (lactones) is 1. The number of rotatable bonds is 8. The molecule has 1 aliphatic heterocycles. The molecule has 0 spiro atoms. The predicted molar refractivity (Wildman–Crippen MR) is 131 cm³/mol. The molecular formula is C27H36N2O6. The lowest BCUT2D eigenvalue weighted by molar-refractivity contribution is -0.155. The van der Waals surface area contributed by atoms with Gasteiger partial charge in [0.25, 0.3) is 5.91 Å². The van der Waals surface area contributed by atoms with E-state index in [-0.39, 0.29) is 29.2 Å². The molecule has 1 aliphatic rings. The molecule has 3 rings (SSSR count). The van der Waals surface area contributed by atoms with E-state index in [0.29, 0.717) is 25.4 Å². The highest BCUT2D eigenvalue weighted by Gasteiger charge is 2.35. The van der Waals surface area contributed by atoms with Crippen LogP contribution in [0.15, 0.2) is 42.6 Å². The molecule has 2 heterocycles. The van der Waals surface area contributed by atoms with Crippen LogP contribution in [0, 0.1) is 11.8 Å². The first kappa shape index (κ1) is 26.5. The fourth-order valence-electron chi connectivity index (χ4n) is 4.34. The van der Waals surface area contributed by atoms with Crippen molar-refractivity contribution in [1.82, 2.24) is 10.3 Å². The third-order valence-corrected chi connectivity index (χ3v) is 6.23. The number of carbonyl (C=O) groups excluding carboxylic acids is 2. The number of aromatic nitrogens is 1. The molecule has 190 valence electrons. The molecule has 8 nitrogen and oxygen atoms in total. The van der Waals surface area contributed by atoms with Gasteiger partial charge in [0.2, 0.25) is 0 Å². The highest BCUT2D eigenvalue weighted by Crippen LogP contribution is 2.29. The average molecular weight is 485 g/mol. The molecule has 1 saturated heterocycles. The van der Waals surface area contributed by atoms with Crippen LogP contribution in [0.2, 0.25) is 0 Å². The Morgan fingerprint density at radius 2 is 1.97 bits per heavy atom. The zero-order chi connectivity index (χ0) is 25.4. The highest BCUT2D eigenvalue weighted by molar-refractivity contribution is 5.97. The number of aromatic hydroxyl groups is 1. The van der Waals surface area contributed by atoms with Gasteiger partial charge in [-0.15, -0.1) is 0 Å². The van der Waals surface area contributed by atoms with E-state index < -0.39 is 24.0 Å². The average Bonchev–Trinajstić information content (AvgIpc) is 2.88. The van der Waals surface area contributed by atoms with E-state index in [0.717, 1.165) is 18.4 Å². The number of nitrogens with zero attached hydrogens (tertiary/aromatic N) is 1. The van der Waals surface area contributed by atoms with E-state index in [2.05, 4.69) is 36.3 Å². The third-order valence-electron chi connectivity index (χ3n) is 6.23. The maximum absolute atomic E-state index is 13.1. The number of amides is 1. The number of methoxy groups -OCH3 is 1. The van der Waals surface area contributed by atoms with Gasteiger partial charge in [-0.3, -0.25) is 4.79 Å². The largest absolute Gasteiger partial charge is 0.503 e. The van der Waals surface area contributed by atoms with Crippen molar-refractivity contribution in [2.24, 2.45) is 11.8 Å². The highest BCUT2D eigenvalue weighted by atomic mass is 16.5. The summed E-state index contributed by atoms with van der Waals surface area (Å²) in [7, 11) is 1.39. The number of nitrogens with one attached hydrogen (secondary N) is 1. The molecular weight excluding hydrogens is 448 g/mol. The fraction of sp³-hybridized carbons (Fsp3) is 0.519. The number of carbonyl (C=O) groups is 2. The van der Waals surface area contributed by atoms with E-state index in [1.54, 1.807) is 0 Å². The number of hydrogen-bond donors (Lipinski definition) is 2. The van der Waals surface area contributed by atoms with Gasteiger partial charge < -0.3 is 24.6 Å². The van der Waals surface area contributed by atoms with Crippen molar-refractivity contribution >= 4 is 11.9 Å². The van der Waals surface area contributed by atoms with Crippen molar-refractivity contribution in [3.63, 3.8) is 0 Å². The maximum Gasteiger partial charge on any atom is 0.328 e. The lowest BCUT2D eigenvalue weighted by atomic mass is 9.87. The molecule has 4 unspecified atom stereocenters. The Kier molecular flexibility index (Phi) is 9.48. The Hall–Kier alpha value is -3.13. The van der Waals surface area contributed by atoms with Gasteiger partial charge in [0.1, 0.15) is 12.1 Å². The first-order valence-electron chi connectivity index (χ1n) is 12.2. The summed E-state index contributed by atoms with van der Waals surface area (Å²) in [5.41, 5.74) is 0.951. The minimum absolute atomic E-state index is 0.0290. The third kappa shape index (κ3) is 7.18. The number of benzene rings is 1. The van der Waals surface area contributed by atoms with Crippen molar-refractivity contribution in [3.8, 4) is 11.5 Å². The fourth-order valence-corrected chi connectivity index (χ4v) is 4.34. The molecule has 0 radical (unpaired) electrons. The van der Waals surface area contributed by atoms with Crippen LogP contribution in [0.5, 0.6) is 11.5 Å². The minimum atomic E-state index is -0.862. The first-order valence-corrected chi connectivity index (χ1v) is 12.2. The van der Waals surface area contributed by atoms with Crippen LogP contribution in [-0.4, -0.2) is 53.9 Å². The summed E-state index contributed by atoms with van der Waals surface area (Å²) >= 11 is 0. The van der Waals surface area contributed by atoms with E-state index in [1.165, 1.54) is 19.4 Å². The Morgan fingerprint density at radius 1 is 1.23 bits per heavy atom. The summed E-state index contributed by atoms with van der Waals surface area (Å²) in [5.74, 6) is -1.06. The van der Waals surface area contributed by atoms with E-state index in [4.69, 9.17) is 14.2 Å². The standard InChI is InChI=1S/C27H36N2O6/c1-17(2)16-34-22-12-8-11-21(29-26(31)24-25(30)23(33-4)13-14-28-24)27(32)35-18(3)20(22)15-19-9-6-5-7-10-19/h5-7,9-10,13-14,17-18,20-22,30H,8,11-12,15-16H2,1-4H3,(H,29,31). The van der Waals surface area contributed by atoms with Gasteiger partial charge in [0.15, 0.2) is 17.2 Å². The molecule has 1 amide bonds. The molecule has 0 aliphatic carbocycles. The zero-order valence-electron chi connectivity index (χ0n) is 20.9. The monoisotopic (exact) mass is 484 g/mol. The SMILES string of the molecule is COc1ccnc(C(=O)NC2CCCC(OCC(C)C)C(Cc3ccccc3)C(C)OC2=O)c1O. The Bertz CT molecular complexity index is 981. The van der Waals surface area contributed by atoms with Crippen LogP contribution in [0.3, 0.4) is 0 Å². The Morgan fingerprint density at radius 3 is 2.66 bits per heavy atom. The van der Waals surface area contributed by atoms with Crippen molar-refractivity contribution < 1.29 is 28.9 Å². The second-order valence-corrected chi connectivity index (χ2v) is 9.43. The van der Waals surface area contributed by atoms with Gasteiger partial charge in [0, 0.05) is 24.8 Å². The van der Waals surface area contributed by atoms with Crippen LogP contribution in [0.1, 0.15) is 56.1 Å². The molecule has 1 aromatic carbocycles. The predicted octanol–water partition coefficient (Wildman–Crippen LogP) is 3.91. The van der Waals surface area contributed by atoms with Crippen LogP contribution in [0.25, 0.3) is 0 Å². The first-order chi connectivity index (χ1) is 16.8. The summed E-state index contributed by atoms with van der Waals surface area (Å²) < 4.78 is 17.2. The topological polar surface area (TPSA) is 107 Å². The van der Waals surface area contributed by atoms with Gasteiger partial charge in [0.05, 0.1) is 13.2 Å².